The van der Waals surface area contributed by atoms with Crippen LogP contribution in [-0.2, 0) is 0 Å². The molecule has 156 valence electrons. The van der Waals surface area contributed by atoms with Crippen molar-refractivity contribution >= 4 is 40.6 Å². The van der Waals surface area contributed by atoms with Crippen molar-refractivity contribution < 1.29 is 9.13 Å². The molecule has 0 spiro atoms. The molecule has 1 aliphatic rings. The molecule has 10 heteroatoms. The Morgan fingerprint density at radius 1 is 1.33 bits per heavy atom. The lowest BCUT2D eigenvalue weighted by Gasteiger charge is -2.19. The van der Waals surface area contributed by atoms with Gasteiger partial charge in [-0.15, -0.1) is 4.99 Å². The van der Waals surface area contributed by atoms with E-state index >= 15 is 0 Å². The second kappa shape index (κ2) is 9.76. The molecule has 30 heavy (non-hydrogen) atoms. The van der Waals surface area contributed by atoms with Gasteiger partial charge in [-0.3, -0.25) is 0 Å². The Morgan fingerprint density at radius 3 is 2.80 bits per heavy atom. The molecule has 3 rings (SSSR count). The van der Waals surface area contributed by atoms with Gasteiger partial charge in [-0.1, -0.05) is 36.2 Å². The molecule has 7 nitrogen and oxygen atoms in total. The summed E-state index contributed by atoms with van der Waals surface area (Å²) >= 11 is 12.2. The van der Waals surface area contributed by atoms with Crippen LogP contribution in [0.25, 0.3) is 0 Å². The van der Waals surface area contributed by atoms with E-state index < -0.39 is 5.82 Å². The molecule has 2 aromatic carbocycles. The highest BCUT2D eigenvalue weighted by Gasteiger charge is 2.30. The molecule has 1 aliphatic heterocycles. The van der Waals surface area contributed by atoms with E-state index in [4.69, 9.17) is 33.2 Å². The van der Waals surface area contributed by atoms with Gasteiger partial charge in [-0.25, -0.2) is 9.40 Å². The summed E-state index contributed by atoms with van der Waals surface area (Å²) in [6.07, 6.45) is 1.77. The lowest BCUT2D eigenvalue weighted by molar-refractivity contribution is 0.387. The van der Waals surface area contributed by atoms with Crippen LogP contribution in [0.5, 0.6) is 5.75 Å². The second-order valence-corrected chi connectivity index (χ2v) is 7.13. The molecule has 0 saturated carbocycles. The van der Waals surface area contributed by atoms with E-state index in [1.807, 2.05) is 13.0 Å². The number of hydrogen-bond donors (Lipinski definition) is 2. The number of nitrogens with one attached hydrogen (secondary N) is 2. The van der Waals surface area contributed by atoms with E-state index in [1.165, 1.54) is 25.3 Å². The Labute approximate surface area is 183 Å². The monoisotopic (exact) mass is 448 g/mol. The quantitative estimate of drug-likeness (QED) is 0.408. The lowest BCUT2D eigenvalue weighted by atomic mass is 10.0. The molecule has 1 unspecified atom stereocenters. The van der Waals surface area contributed by atoms with Crippen molar-refractivity contribution in [1.29, 1.82) is 5.26 Å². The fraction of sp³-hybridized carbons (Fsp3) is 0.250. The average molecular weight is 449 g/mol. The number of hydrazone groups is 1. The number of methoxy groups -OCH3 is 1. The first kappa shape index (κ1) is 21.8. The summed E-state index contributed by atoms with van der Waals surface area (Å²) in [6, 6.07) is 9.43. The van der Waals surface area contributed by atoms with E-state index in [1.54, 1.807) is 23.3 Å². The van der Waals surface area contributed by atoms with Crippen LogP contribution in [0.3, 0.4) is 0 Å². The van der Waals surface area contributed by atoms with Crippen LogP contribution >= 0.6 is 23.2 Å². The number of aliphatic imine (C=N–C) groups is 1. The zero-order valence-corrected chi connectivity index (χ0v) is 17.8. The van der Waals surface area contributed by atoms with Crippen molar-refractivity contribution in [2.45, 2.75) is 13.0 Å². The van der Waals surface area contributed by atoms with Crippen molar-refractivity contribution in [2.24, 2.45) is 10.1 Å². The van der Waals surface area contributed by atoms with Gasteiger partial charge in [-0.2, -0.15) is 10.4 Å². The van der Waals surface area contributed by atoms with Crippen LogP contribution in [0.1, 0.15) is 12.5 Å². The molecule has 0 aliphatic carbocycles. The minimum absolute atomic E-state index is 0.0725. The second-order valence-electron chi connectivity index (χ2n) is 6.32. The van der Waals surface area contributed by atoms with Gasteiger partial charge in [0.1, 0.15) is 0 Å². The van der Waals surface area contributed by atoms with Crippen LogP contribution in [0.15, 0.2) is 46.5 Å². The van der Waals surface area contributed by atoms with Crippen molar-refractivity contribution in [1.82, 2.24) is 10.3 Å². The predicted molar refractivity (Wildman–Crippen MR) is 117 cm³/mol. The Morgan fingerprint density at radius 2 is 2.13 bits per heavy atom. The van der Waals surface area contributed by atoms with Gasteiger partial charge in [0.2, 0.25) is 12.2 Å². The minimum atomic E-state index is -0.491. The van der Waals surface area contributed by atoms with E-state index in [0.717, 1.165) is 11.3 Å². The van der Waals surface area contributed by atoms with Gasteiger partial charge in [0.25, 0.3) is 0 Å². The number of hydrogen-bond acceptors (Lipinski definition) is 5. The first-order valence-electron chi connectivity index (χ1n) is 9.09. The molecular formula is C20H19Cl2FN6O. The number of guanidine groups is 1. The maximum absolute atomic E-state index is 13.7. The Balaban J connectivity index is 1.92. The molecule has 0 amide bonds. The number of rotatable bonds is 5. The summed E-state index contributed by atoms with van der Waals surface area (Å²) in [7, 11) is 1.38. The van der Waals surface area contributed by atoms with Crippen molar-refractivity contribution in [3.8, 4) is 11.9 Å². The predicted octanol–water partition coefficient (Wildman–Crippen LogP) is 4.09. The van der Waals surface area contributed by atoms with Crippen LogP contribution in [0.4, 0.5) is 10.1 Å². The summed E-state index contributed by atoms with van der Waals surface area (Å²) in [5.74, 6) is -0.220. The van der Waals surface area contributed by atoms with Gasteiger partial charge < -0.3 is 15.4 Å². The van der Waals surface area contributed by atoms with Crippen LogP contribution in [-0.4, -0.2) is 42.9 Å². The standard InChI is InChI=1S/C20H19Cl2FN6O/c1-3-25-17-10-29(28-19(17)12-4-6-14(21)15(22)8-12)20(26-11-24)27-13-5-7-16(23)18(9-13)30-2/h4-9,17,25H,3,10H2,1-2H3,(H,26,27). The number of anilines is 1. The van der Waals surface area contributed by atoms with Crippen molar-refractivity contribution in [3.05, 3.63) is 57.8 Å². The summed E-state index contributed by atoms with van der Waals surface area (Å²) in [5, 5.41) is 22.6. The highest BCUT2D eigenvalue weighted by atomic mass is 35.5. The Kier molecular flexibility index (Phi) is 7.11. The Hall–Kier alpha value is -2.86. The van der Waals surface area contributed by atoms with E-state index in [2.05, 4.69) is 20.7 Å². The van der Waals surface area contributed by atoms with Crippen molar-refractivity contribution in [2.75, 3.05) is 25.5 Å². The maximum atomic E-state index is 13.7. The SMILES string of the molecule is CCNC1CN(/C(=N\C#N)Nc2ccc(F)c(OC)c2)N=C1c1ccc(Cl)c(Cl)c1. The summed E-state index contributed by atoms with van der Waals surface area (Å²) in [6.45, 7) is 3.13. The number of nitrogens with zero attached hydrogens (tertiary/aromatic N) is 4. The fourth-order valence-corrected chi connectivity index (χ4v) is 3.32. The fourth-order valence-electron chi connectivity index (χ4n) is 3.02. The number of ether oxygens (including phenoxy) is 1. The normalized spacial score (nSPS) is 16.3. The highest BCUT2D eigenvalue weighted by Crippen LogP contribution is 2.26. The molecular weight excluding hydrogens is 430 g/mol. The van der Waals surface area contributed by atoms with Crippen LogP contribution in [0, 0.1) is 17.3 Å². The molecule has 1 atom stereocenters. The molecule has 2 N–H and O–H groups in total. The third-order valence-corrected chi connectivity index (χ3v) is 5.13. The maximum Gasteiger partial charge on any atom is 0.235 e. The largest absolute Gasteiger partial charge is 0.494 e. The topological polar surface area (TPSA) is 85.0 Å². The lowest BCUT2D eigenvalue weighted by Crippen LogP contribution is -2.41. The first-order chi connectivity index (χ1) is 14.5. The molecule has 0 fully saturated rings. The molecule has 0 bridgehead atoms. The van der Waals surface area contributed by atoms with Crippen molar-refractivity contribution in [3.63, 3.8) is 0 Å². The van der Waals surface area contributed by atoms with Gasteiger partial charge in [0, 0.05) is 17.3 Å². The number of halogens is 3. The average Bonchev–Trinajstić information content (AvgIpc) is 3.15. The minimum Gasteiger partial charge on any atom is -0.494 e. The third kappa shape index (κ3) is 4.82. The van der Waals surface area contributed by atoms with E-state index in [9.17, 15) is 4.39 Å². The Bertz CT molecular complexity index is 1040. The highest BCUT2D eigenvalue weighted by molar-refractivity contribution is 6.42. The van der Waals surface area contributed by atoms with Gasteiger partial charge in [-0.05, 0) is 30.8 Å². The smallest absolute Gasteiger partial charge is 0.235 e. The first-order valence-corrected chi connectivity index (χ1v) is 9.84. The summed E-state index contributed by atoms with van der Waals surface area (Å²) in [5.41, 5.74) is 2.04. The van der Waals surface area contributed by atoms with E-state index in [0.29, 0.717) is 28.8 Å². The number of benzene rings is 2. The number of nitriles is 1. The van der Waals surface area contributed by atoms with E-state index in [-0.39, 0.29) is 17.8 Å². The third-order valence-electron chi connectivity index (χ3n) is 4.39. The van der Waals surface area contributed by atoms with Gasteiger partial charge >= 0.3 is 0 Å². The molecule has 0 aromatic heterocycles. The molecule has 2 aromatic rings. The summed E-state index contributed by atoms with van der Waals surface area (Å²) in [4.78, 5) is 3.85. The molecule has 1 heterocycles. The summed E-state index contributed by atoms with van der Waals surface area (Å²) < 4.78 is 18.7. The molecule has 0 saturated heterocycles. The number of likely N-dealkylation sites (N-methyl/N-ethyl adjacent to an activating group) is 1. The van der Waals surface area contributed by atoms with Gasteiger partial charge in [0.05, 0.1) is 35.5 Å². The molecule has 0 radical (unpaired) electrons. The van der Waals surface area contributed by atoms with Crippen LogP contribution in [0.2, 0.25) is 10.0 Å². The zero-order valence-electron chi connectivity index (χ0n) is 16.3. The van der Waals surface area contributed by atoms with Crippen LogP contribution < -0.4 is 15.4 Å². The zero-order chi connectivity index (χ0) is 21.7. The van der Waals surface area contributed by atoms with Gasteiger partial charge in [0.15, 0.2) is 11.6 Å².